The lowest BCUT2D eigenvalue weighted by atomic mass is 10.1. The maximum atomic E-state index is 13.7. The third kappa shape index (κ3) is 2.70. The quantitative estimate of drug-likeness (QED) is 0.735. The molecule has 1 heterocycles. The lowest BCUT2D eigenvalue weighted by Gasteiger charge is -1.99. The summed E-state index contributed by atoms with van der Waals surface area (Å²) in [6.45, 7) is 0. The van der Waals surface area contributed by atoms with Crippen LogP contribution in [0.2, 0.25) is 0 Å². The summed E-state index contributed by atoms with van der Waals surface area (Å²) >= 11 is 1.54. The van der Waals surface area contributed by atoms with E-state index in [9.17, 15) is 4.39 Å². The van der Waals surface area contributed by atoms with Gasteiger partial charge in [-0.2, -0.15) is 0 Å². The molecule has 0 spiro atoms. The van der Waals surface area contributed by atoms with Crippen molar-refractivity contribution in [1.82, 2.24) is 4.98 Å². The molecule has 0 bridgehead atoms. The summed E-state index contributed by atoms with van der Waals surface area (Å²) in [5.41, 5.74) is 8.80. The van der Waals surface area contributed by atoms with Crippen LogP contribution in [0.15, 0.2) is 53.9 Å². The van der Waals surface area contributed by atoms with Gasteiger partial charge in [0.25, 0.3) is 0 Å². The number of nitrogen functional groups attached to an aromatic ring is 1. The molecule has 2 nitrogen and oxygen atoms in total. The van der Waals surface area contributed by atoms with Crippen LogP contribution in [-0.4, -0.2) is 4.98 Å². The van der Waals surface area contributed by atoms with E-state index in [0.29, 0.717) is 11.3 Å². The molecule has 0 saturated carbocycles. The highest BCUT2D eigenvalue weighted by atomic mass is 32.1. The van der Waals surface area contributed by atoms with Crippen LogP contribution in [0.25, 0.3) is 11.3 Å². The second kappa shape index (κ2) is 5.43. The summed E-state index contributed by atoms with van der Waals surface area (Å²) in [5.74, 6) is -0.239. The van der Waals surface area contributed by atoms with Crippen molar-refractivity contribution in [3.8, 4) is 11.3 Å². The van der Waals surface area contributed by atoms with Crippen LogP contribution in [0.3, 0.4) is 0 Å². The molecule has 0 radical (unpaired) electrons. The van der Waals surface area contributed by atoms with Gasteiger partial charge in [-0.1, -0.05) is 24.3 Å². The monoisotopic (exact) mass is 284 g/mol. The lowest BCUT2D eigenvalue weighted by Crippen LogP contribution is -1.90. The van der Waals surface area contributed by atoms with Crippen molar-refractivity contribution in [3.63, 3.8) is 0 Å². The summed E-state index contributed by atoms with van der Waals surface area (Å²) < 4.78 is 13.7. The predicted octanol–water partition coefficient (Wildman–Crippen LogP) is 4.12. The molecule has 3 rings (SSSR count). The van der Waals surface area contributed by atoms with Crippen LogP contribution < -0.4 is 5.73 Å². The van der Waals surface area contributed by atoms with Crippen molar-refractivity contribution < 1.29 is 4.39 Å². The molecular weight excluding hydrogens is 271 g/mol. The molecule has 0 fully saturated rings. The van der Waals surface area contributed by atoms with Gasteiger partial charge in [-0.25, -0.2) is 9.37 Å². The zero-order valence-electron chi connectivity index (χ0n) is 10.7. The maximum absolute atomic E-state index is 13.7. The number of hydrogen-bond acceptors (Lipinski definition) is 3. The van der Waals surface area contributed by atoms with Crippen LogP contribution in [0.5, 0.6) is 0 Å². The van der Waals surface area contributed by atoms with Gasteiger partial charge >= 0.3 is 0 Å². The molecular formula is C16H13FN2S. The molecule has 0 unspecified atom stereocenters. The molecule has 0 saturated heterocycles. The Kier molecular flexibility index (Phi) is 3.48. The smallest absolute Gasteiger partial charge is 0.132 e. The van der Waals surface area contributed by atoms with E-state index < -0.39 is 0 Å². The van der Waals surface area contributed by atoms with E-state index >= 15 is 0 Å². The zero-order chi connectivity index (χ0) is 13.9. The summed E-state index contributed by atoms with van der Waals surface area (Å²) in [4.78, 5) is 4.51. The number of nitrogens with zero attached hydrogens (tertiary/aromatic N) is 1. The van der Waals surface area contributed by atoms with E-state index in [2.05, 4.69) is 4.98 Å². The van der Waals surface area contributed by atoms with Gasteiger partial charge in [-0.3, -0.25) is 0 Å². The van der Waals surface area contributed by atoms with Gasteiger partial charge in [0.15, 0.2) is 0 Å². The molecule has 2 aromatic carbocycles. The van der Waals surface area contributed by atoms with Crippen molar-refractivity contribution >= 4 is 17.0 Å². The number of aromatic nitrogens is 1. The fraction of sp³-hybridized carbons (Fsp3) is 0.0625. The minimum absolute atomic E-state index is 0.239. The van der Waals surface area contributed by atoms with E-state index in [4.69, 9.17) is 5.73 Å². The second-order valence-corrected chi connectivity index (χ2v) is 5.47. The van der Waals surface area contributed by atoms with E-state index in [-0.39, 0.29) is 5.82 Å². The average molecular weight is 284 g/mol. The van der Waals surface area contributed by atoms with Crippen molar-refractivity contribution in [3.05, 3.63) is 70.3 Å². The van der Waals surface area contributed by atoms with Crippen LogP contribution in [0, 0.1) is 5.82 Å². The Morgan fingerprint density at radius 1 is 1.05 bits per heavy atom. The van der Waals surface area contributed by atoms with Crippen molar-refractivity contribution in [2.24, 2.45) is 0 Å². The van der Waals surface area contributed by atoms with Gasteiger partial charge in [0.2, 0.25) is 0 Å². The predicted molar refractivity (Wildman–Crippen MR) is 81.2 cm³/mol. The number of rotatable bonds is 3. The Balaban J connectivity index is 1.84. The molecule has 0 aliphatic heterocycles. The molecule has 0 aliphatic rings. The van der Waals surface area contributed by atoms with Gasteiger partial charge in [0.1, 0.15) is 5.82 Å². The van der Waals surface area contributed by atoms with Gasteiger partial charge in [-0.15, -0.1) is 11.3 Å². The lowest BCUT2D eigenvalue weighted by molar-refractivity contribution is 0.631. The van der Waals surface area contributed by atoms with Crippen molar-refractivity contribution in [2.45, 2.75) is 6.42 Å². The van der Waals surface area contributed by atoms with E-state index in [1.807, 2.05) is 35.7 Å². The molecule has 20 heavy (non-hydrogen) atoms. The number of thiazole rings is 1. The van der Waals surface area contributed by atoms with Crippen molar-refractivity contribution in [2.75, 3.05) is 5.73 Å². The number of hydrogen-bond donors (Lipinski definition) is 1. The van der Waals surface area contributed by atoms with Gasteiger partial charge in [0, 0.05) is 23.1 Å². The Hall–Kier alpha value is -2.20. The highest BCUT2D eigenvalue weighted by Gasteiger charge is 2.09. The van der Waals surface area contributed by atoms with Crippen LogP contribution >= 0.6 is 11.3 Å². The molecule has 0 aliphatic carbocycles. The number of benzene rings is 2. The van der Waals surface area contributed by atoms with Crippen LogP contribution in [0.4, 0.5) is 10.1 Å². The topological polar surface area (TPSA) is 38.9 Å². The summed E-state index contributed by atoms with van der Waals surface area (Å²) in [7, 11) is 0. The summed E-state index contributed by atoms with van der Waals surface area (Å²) in [6, 6.07) is 14.4. The number of nitrogens with two attached hydrogens (primary N) is 1. The normalized spacial score (nSPS) is 10.7. The molecule has 1 aromatic heterocycles. The third-order valence-corrected chi connectivity index (χ3v) is 3.89. The SMILES string of the molecule is Nc1ccc(Cc2nc(-c3ccccc3F)cs2)cc1. The highest BCUT2D eigenvalue weighted by molar-refractivity contribution is 7.10. The van der Waals surface area contributed by atoms with E-state index in [1.165, 1.54) is 6.07 Å². The maximum Gasteiger partial charge on any atom is 0.132 e. The Morgan fingerprint density at radius 2 is 1.80 bits per heavy atom. The second-order valence-electron chi connectivity index (χ2n) is 4.52. The third-order valence-electron chi connectivity index (χ3n) is 3.04. The summed E-state index contributed by atoms with van der Waals surface area (Å²) in [5, 5.41) is 2.86. The molecule has 2 N–H and O–H groups in total. The molecule has 4 heteroatoms. The Morgan fingerprint density at radius 3 is 2.55 bits per heavy atom. The molecule has 3 aromatic rings. The number of halogens is 1. The number of anilines is 1. The Bertz CT molecular complexity index is 719. The standard InChI is InChI=1S/C16H13FN2S/c17-14-4-2-1-3-13(14)15-10-20-16(19-15)9-11-5-7-12(18)8-6-11/h1-8,10H,9,18H2. The zero-order valence-corrected chi connectivity index (χ0v) is 11.5. The molecule has 0 atom stereocenters. The van der Waals surface area contributed by atoms with Crippen LogP contribution in [0.1, 0.15) is 10.6 Å². The minimum atomic E-state index is -0.239. The minimum Gasteiger partial charge on any atom is -0.399 e. The largest absolute Gasteiger partial charge is 0.399 e. The van der Waals surface area contributed by atoms with Gasteiger partial charge in [-0.05, 0) is 29.8 Å². The first-order valence-electron chi connectivity index (χ1n) is 6.26. The fourth-order valence-electron chi connectivity index (χ4n) is 1.99. The molecule has 0 amide bonds. The van der Waals surface area contributed by atoms with Gasteiger partial charge < -0.3 is 5.73 Å². The Labute approximate surface area is 120 Å². The van der Waals surface area contributed by atoms with Crippen LogP contribution in [-0.2, 0) is 6.42 Å². The molecule has 100 valence electrons. The average Bonchev–Trinajstić information content (AvgIpc) is 2.90. The first kappa shape index (κ1) is 12.8. The van der Waals surface area contributed by atoms with E-state index in [1.54, 1.807) is 23.5 Å². The van der Waals surface area contributed by atoms with Crippen molar-refractivity contribution in [1.29, 1.82) is 0 Å². The van der Waals surface area contributed by atoms with Gasteiger partial charge in [0.05, 0.1) is 10.7 Å². The summed E-state index contributed by atoms with van der Waals surface area (Å²) in [6.07, 6.45) is 0.736. The fourth-order valence-corrected chi connectivity index (χ4v) is 2.82. The first-order chi connectivity index (χ1) is 9.72. The first-order valence-corrected chi connectivity index (χ1v) is 7.14. The highest BCUT2D eigenvalue weighted by Crippen LogP contribution is 2.25. The van der Waals surface area contributed by atoms with E-state index in [0.717, 1.165) is 22.7 Å².